The fourth-order valence-corrected chi connectivity index (χ4v) is 4.43. The second-order valence-electron chi connectivity index (χ2n) is 5.39. The quantitative estimate of drug-likeness (QED) is 0.691. The Kier molecular flexibility index (Phi) is 3.59. The molecule has 25 heavy (non-hydrogen) atoms. The van der Waals surface area contributed by atoms with Crippen LogP contribution >= 0.6 is 11.6 Å². The van der Waals surface area contributed by atoms with Crippen molar-refractivity contribution in [2.75, 3.05) is 5.32 Å². The first-order valence-electron chi connectivity index (χ1n) is 7.20. The number of nitrogens with zero attached hydrogens (tertiary/aromatic N) is 2. The molecule has 0 saturated heterocycles. The lowest BCUT2D eigenvalue weighted by Crippen LogP contribution is -2.18. The summed E-state index contributed by atoms with van der Waals surface area (Å²) in [7, 11) is -3.58. The predicted molar refractivity (Wildman–Crippen MR) is 90.0 cm³/mol. The van der Waals surface area contributed by atoms with Crippen LogP contribution in [0.3, 0.4) is 0 Å². The summed E-state index contributed by atoms with van der Waals surface area (Å²) in [6, 6.07) is 11.2. The molecular formula is C16H10ClN3O4S. The van der Waals surface area contributed by atoms with Crippen LogP contribution in [0.5, 0.6) is 0 Å². The highest BCUT2D eigenvalue weighted by Gasteiger charge is 2.35. The number of benzene rings is 1. The van der Waals surface area contributed by atoms with E-state index < -0.39 is 15.7 Å². The number of carbonyl (C=O) groups excluding carboxylic acids is 1. The molecule has 1 aliphatic rings. The predicted octanol–water partition coefficient (Wildman–Crippen LogP) is 2.93. The Balaban J connectivity index is 1.76. The van der Waals surface area contributed by atoms with Gasteiger partial charge in [-0.3, -0.25) is 4.79 Å². The van der Waals surface area contributed by atoms with E-state index in [1.807, 2.05) is 0 Å². The molecule has 3 aromatic rings. The number of hydrogen-bond donors (Lipinski definition) is 1. The molecule has 0 spiro atoms. The number of nitrogens with one attached hydrogen (secondary N) is 1. The summed E-state index contributed by atoms with van der Waals surface area (Å²) in [6.07, 6.45) is 0. The zero-order chi connectivity index (χ0) is 17.6. The summed E-state index contributed by atoms with van der Waals surface area (Å²) in [4.78, 5) is 16.6. The highest BCUT2D eigenvalue weighted by atomic mass is 35.5. The van der Waals surface area contributed by atoms with Gasteiger partial charge in [-0.1, -0.05) is 35.0 Å². The summed E-state index contributed by atoms with van der Waals surface area (Å²) in [5, 5.41) is 6.52. The van der Waals surface area contributed by atoms with Gasteiger partial charge in [0, 0.05) is 11.1 Å². The van der Waals surface area contributed by atoms with Crippen LogP contribution in [0.15, 0.2) is 51.9 Å². The number of rotatable bonds is 2. The van der Waals surface area contributed by atoms with Crippen LogP contribution in [0.4, 0.5) is 5.82 Å². The van der Waals surface area contributed by atoms with E-state index in [-0.39, 0.29) is 38.6 Å². The standard InChI is InChI=1S/C16H10ClN3O4S/c17-12-6-3-7-13(18-12)19-16(21)14-10-8-25(22,23)11-5-2-1-4-9(11)15(10)24-20-14/h1-7H,8H2,(H,18,19,21). The van der Waals surface area contributed by atoms with E-state index in [0.717, 1.165) is 0 Å². The third-order valence-corrected chi connectivity index (χ3v) is 5.67. The molecule has 0 unspecified atom stereocenters. The van der Waals surface area contributed by atoms with Crippen molar-refractivity contribution in [2.24, 2.45) is 0 Å². The molecule has 1 N–H and O–H groups in total. The summed E-state index contributed by atoms with van der Waals surface area (Å²) in [5.74, 6) is -0.452. The smallest absolute Gasteiger partial charge is 0.279 e. The average molecular weight is 376 g/mol. The Labute approximate surface area is 147 Å². The maximum atomic E-state index is 12.5. The first-order chi connectivity index (χ1) is 12.0. The lowest BCUT2D eigenvalue weighted by Gasteiger charge is -2.15. The van der Waals surface area contributed by atoms with Gasteiger partial charge in [0.25, 0.3) is 5.91 Å². The summed E-state index contributed by atoms with van der Waals surface area (Å²) in [5.41, 5.74) is 0.546. The number of carbonyl (C=O) groups is 1. The monoisotopic (exact) mass is 375 g/mol. The van der Waals surface area contributed by atoms with Gasteiger partial charge in [-0.15, -0.1) is 0 Å². The van der Waals surface area contributed by atoms with E-state index >= 15 is 0 Å². The fourth-order valence-electron chi connectivity index (χ4n) is 2.68. The number of anilines is 1. The minimum atomic E-state index is -3.58. The normalized spacial score (nSPS) is 14.4. The van der Waals surface area contributed by atoms with Gasteiger partial charge < -0.3 is 9.84 Å². The number of halogens is 1. The molecule has 0 bridgehead atoms. The van der Waals surface area contributed by atoms with Gasteiger partial charge in [-0.05, 0) is 24.3 Å². The second kappa shape index (κ2) is 5.68. The van der Waals surface area contributed by atoms with E-state index in [0.29, 0.717) is 5.56 Å². The Hall–Kier alpha value is -2.71. The Morgan fingerprint density at radius 1 is 1.16 bits per heavy atom. The SMILES string of the molecule is O=C(Nc1cccc(Cl)n1)c1noc2c1CS(=O)(=O)c1ccccc1-2. The van der Waals surface area contributed by atoms with E-state index in [9.17, 15) is 13.2 Å². The lowest BCUT2D eigenvalue weighted by molar-refractivity contribution is 0.101. The van der Waals surface area contributed by atoms with Gasteiger partial charge >= 0.3 is 0 Å². The Morgan fingerprint density at radius 2 is 1.96 bits per heavy atom. The van der Waals surface area contributed by atoms with Crippen molar-refractivity contribution in [1.29, 1.82) is 0 Å². The van der Waals surface area contributed by atoms with Crippen molar-refractivity contribution in [3.8, 4) is 11.3 Å². The summed E-state index contributed by atoms with van der Waals surface area (Å²) in [6.45, 7) is 0. The Bertz CT molecular complexity index is 1110. The molecule has 0 aliphatic carbocycles. The number of amides is 1. The number of fused-ring (bicyclic) bond motifs is 3. The Morgan fingerprint density at radius 3 is 2.76 bits per heavy atom. The van der Waals surface area contributed by atoms with E-state index in [4.69, 9.17) is 16.1 Å². The molecule has 1 aromatic carbocycles. The molecule has 1 amide bonds. The zero-order valence-electron chi connectivity index (χ0n) is 12.6. The van der Waals surface area contributed by atoms with Crippen LogP contribution in [0, 0.1) is 0 Å². The first-order valence-corrected chi connectivity index (χ1v) is 9.23. The van der Waals surface area contributed by atoms with Crippen molar-refractivity contribution in [1.82, 2.24) is 10.1 Å². The molecule has 3 heterocycles. The summed E-state index contributed by atoms with van der Waals surface area (Å²) >= 11 is 5.79. The van der Waals surface area contributed by atoms with Crippen LogP contribution < -0.4 is 5.32 Å². The van der Waals surface area contributed by atoms with E-state index in [2.05, 4.69) is 15.5 Å². The van der Waals surface area contributed by atoms with Crippen LogP contribution in [-0.2, 0) is 15.6 Å². The number of sulfone groups is 1. The highest BCUT2D eigenvalue weighted by molar-refractivity contribution is 7.90. The molecule has 126 valence electrons. The molecule has 2 aromatic heterocycles. The van der Waals surface area contributed by atoms with Crippen molar-refractivity contribution < 1.29 is 17.7 Å². The van der Waals surface area contributed by atoms with Crippen molar-refractivity contribution >= 4 is 33.2 Å². The van der Waals surface area contributed by atoms with Gasteiger partial charge in [0.05, 0.1) is 10.6 Å². The third kappa shape index (κ3) is 2.69. The highest BCUT2D eigenvalue weighted by Crippen LogP contribution is 2.39. The lowest BCUT2D eigenvalue weighted by atomic mass is 10.1. The molecule has 0 radical (unpaired) electrons. The third-order valence-electron chi connectivity index (χ3n) is 3.76. The second-order valence-corrected chi connectivity index (χ2v) is 7.74. The van der Waals surface area contributed by atoms with Gasteiger partial charge in [0.1, 0.15) is 11.0 Å². The average Bonchev–Trinajstić information content (AvgIpc) is 2.98. The van der Waals surface area contributed by atoms with Crippen LogP contribution in [0.1, 0.15) is 16.1 Å². The van der Waals surface area contributed by atoms with Crippen LogP contribution in [0.25, 0.3) is 11.3 Å². The molecule has 9 heteroatoms. The van der Waals surface area contributed by atoms with Gasteiger partial charge in [0.15, 0.2) is 21.3 Å². The van der Waals surface area contributed by atoms with Crippen molar-refractivity contribution in [3.05, 3.63) is 58.9 Å². The fraction of sp³-hybridized carbons (Fsp3) is 0.0625. The molecule has 0 atom stereocenters. The van der Waals surface area contributed by atoms with Gasteiger partial charge in [0.2, 0.25) is 0 Å². The van der Waals surface area contributed by atoms with Gasteiger partial charge in [-0.25, -0.2) is 13.4 Å². The first kappa shape index (κ1) is 15.8. The maximum absolute atomic E-state index is 12.5. The minimum Gasteiger partial charge on any atom is -0.355 e. The molecule has 7 nitrogen and oxygen atoms in total. The topological polar surface area (TPSA) is 102 Å². The van der Waals surface area contributed by atoms with Gasteiger partial charge in [-0.2, -0.15) is 0 Å². The minimum absolute atomic E-state index is 0.0881. The largest absolute Gasteiger partial charge is 0.355 e. The number of hydrogen-bond acceptors (Lipinski definition) is 6. The van der Waals surface area contributed by atoms with Crippen molar-refractivity contribution in [3.63, 3.8) is 0 Å². The number of aromatic nitrogens is 2. The number of pyridine rings is 1. The van der Waals surface area contributed by atoms with Crippen LogP contribution in [0.2, 0.25) is 5.15 Å². The molecule has 1 aliphatic heterocycles. The maximum Gasteiger partial charge on any atom is 0.279 e. The van der Waals surface area contributed by atoms with E-state index in [1.54, 1.807) is 36.4 Å². The zero-order valence-corrected chi connectivity index (χ0v) is 14.1. The summed E-state index contributed by atoms with van der Waals surface area (Å²) < 4.78 is 30.2. The molecule has 4 rings (SSSR count). The van der Waals surface area contributed by atoms with Crippen molar-refractivity contribution in [2.45, 2.75) is 10.6 Å². The molecular weight excluding hydrogens is 366 g/mol. The molecule has 0 fully saturated rings. The van der Waals surface area contributed by atoms with Crippen LogP contribution in [-0.4, -0.2) is 24.5 Å². The van der Waals surface area contributed by atoms with E-state index in [1.165, 1.54) is 6.07 Å². The molecule has 0 saturated carbocycles.